The van der Waals surface area contributed by atoms with E-state index in [1.165, 1.54) is 11.1 Å². The van der Waals surface area contributed by atoms with Crippen LogP contribution in [0.25, 0.3) is 0 Å². The van der Waals surface area contributed by atoms with Crippen LogP contribution in [0.4, 0.5) is 0 Å². The summed E-state index contributed by atoms with van der Waals surface area (Å²) in [4.78, 5) is 23.8. The van der Waals surface area contributed by atoms with Crippen molar-refractivity contribution in [2.75, 3.05) is 20.8 Å². The average Bonchev–Trinajstić information content (AvgIpc) is 2.83. The van der Waals surface area contributed by atoms with Gasteiger partial charge in [-0.15, -0.1) is 0 Å². The fourth-order valence-electron chi connectivity index (χ4n) is 1.88. The van der Waals surface area contributed by atoms with Gasteiger partial charge in [-0.25, -0.2) is 0 Å². The third-order valence-electron chi connectivity index (χ3n) is 2.82. The Morgan fingerprint density at radius 2 is 2.28 bits per heavy atom. The highest BCUT2D eigenvalue weighted by Crippen LogP contribution is 2.22. The van der Waals surface area contributed by atoms with Crippen molar-refractivity contribution in [3.05, 3.63) is 11.8 Å². The van der Waals surface area contributed by atoms with Gasteiger partial charge in [0.25, 0.3) is 0 Å². The van der Waals surface area contributed by atoms with Crippen LogP contribution in [-0.2, 0) is 19.1 Å². The molecule has 1 rings (SSSR count). The molecule has 0 spiro atoms. The molecule has 1 heterocycles. The summed E-state index contributed by atoms with van der Waals surface area (Å²) in [5.41, 5.74) is 0.461. The van der Waals surface area contributed by atoms with E-state index in [0.29, 0.717) is 18.6 Å². The zero-order chi connectivity index (χ0) is 13.5. The standard InChI is InChI=1S/C12H20N2O4/c1-9(12(16)13-2)6-14(8-15)11-5-4-10(18-11)7-17-3/h6,8,10-11H,4-5,7H2,1-3H3,(H,13,16)/b9-6-/t10-,11?/m0/s1. The van der Waals surface area contributed by atoms with Gasteiger partial charge in [-0.1, -0.05) is 0 Å². The zero-order valence-electron chi connectivity index (χ0n) is 11.0. The highest BCUT2D eigenvalue weighted by atomic mass is 16.5. The molecule has 6 heteroatoms. The maximum Gasteiger partial charge on any atom is 0.248 e. The summed E-state index contributed by atoms with van der Waals surface area (Å²) >= 11 is 0. The van der Waals surface area contributed by atoms with E-state index < -0.39 is 0 Å². The van der Waals surface area contributed by atoms with Crippen molar-refractivity contribution in [1.82, 2.24) is 10.2 Å². The Bertz CT molecular complexity index is 330. The maximum atomic E-state index is 11.4. The number of amides is 2. The molecule has 6 nitrogen and oxygen atoms in total. The molecule has 18 heavy (non-hydrogen) atoms. The molecule has 2 amide bonds. The second kappa shape index (κ2) is 7.13. The van der Waals surface area contributed by atoms with Crippen LogP contribution in [0.5, 0.6) is 0 Å². The quantitative estimate of drug-likeness (QED) is 0.546. The number of methoxy groups -OCH3 is 1. The summed E-state index contributed by atoms with van der Waals surface area (Å²) < 4.78 is 10.7. The summed E-state index contributed by atoms with van der Waals surface area (Å²) in [5.74, 6) is -0.215. The molecule has 1 N–H and O–H groups in total. The van der Waals surface area contributed by atoms with Gasteiger partial charge in [0, 0.05) is 25.9 Å². The second-order valence-electron chi connectivity index (χ2n) is 4.19. The third kappa shape index (κ3) is 3.82. The van der Waals surface area contributed by atoms with E-state index in [4.69, 9.17) is 9.47 Å². The fraction of sp³-hybridized carbons (Fsp3) is 0.667. The largest absolute Gasteiger partial charge is 0.382 e. The Morgan fingerprint density at radius 3 is 2.83 bits per heavy atom. The Balaban J connectivity index is 2.62. The van der Waals surface area contributed by atoms with Gasteiger partial charge in [0.1, 0.15) is 6.23 Å². The molecule has 0 bridgehead atoms. The number of hydrogen-bond donors (Lipinski definition) is 1. The van der Waals surface area contributed by atoms with Crippen LogP contribution < -0.4 is 5.32 Å². The topological polar surface area (TPSA) is 67.9 Å². The Hall–Kier alpha value is -1.40. The lowest BCUT2D eigenvalue weighted by atomic mass is 10.2. The SMILES string of the molecule is CNC(=O)/C(C)=C\N(C=O)C1CC[C@@H](COC)O1. The molecule has 0 saturated carbocycles. The molecule has 0 radical (unpaired) electrons. The first-order valence-electron chi connectivity index (χ1n) is 5.90. The Labute approximate surface area is 107 Å². The molecule has 0 aromatic rings. The van der Waals surface area contributed by atoms with Gasteiger partial charge >= 0.3 is 0 Å². The van der Waals surface area contributed by atoms with Crippen LogP contribution >= 0.6 is 0 Å². The highest BCUT2D eigenvalue weighted by Gasteiger charge is 2.28. The monoisotopic (exact) mass is 256 g/mol. The number of hydrogen-bond acceptors (Lipinski definition) is 4. The second-order valence-corrected chi connectivity index (χ2v) is 4.19. The third-order valence-corrected chi connectivity index (χ3v) is 2.82. The summed E-state index contributed by atoms with van der Waals surface area (Å²) in [7, 11) is 3.16. The molecule has 1 aliphatic heterocycles. The molecule has 2 atom stereocenters. The zero-order valence-corrected chi connectivity index (χ0v) is 11.0. The molecule has 0 aromatic carbocycles. The van der Waals surface area contributed by atoms with E-state index in [0.717, 1.165) is 12.8 Å². The number of nitrogens with one attached hydrogen (secondary N) is 1. The van der Waals surface area contributed by atoms with Crippen LogP contribution in [-0.4, -0.2) is 50.3 Å². The lowest BCUT2D eigenvalue weighted by molar-refractivity contribution is -0.127. The van der Waals surface area contributed by atoms with E-state index >= 15 is 0 Å². The minimum Gasteiger partial charge on any atom is -0.382 e. The molecule has 1 aliphatic rings. The van der Waals surface area contributed by atoms with Crippen LogP contribution in [0.1, 0.15) is 19.8 Å². The Morgan fingerprint density at radius 1 is 1.56 bits per heavy atom. The van der Waals surface area contributed by atoms with Crippen LogP contribution in [0.15, 0.2) is 11.8 Å². The molecule has 1 saturated heterocycles. The first-order valence-corrected chi connectivity index (χ1v) is 5.90. The van der Waals surface area contributed by atoms with Crippen molar-refractivity contribution in [1.29, 1.82) is 0 Å². The van der Waals surface area contributed by atoms with Gasteiger partial charge in [-0.2, -0.15) is 0 Å². The lowest BCUT2D eigenvalue weighted by Gasteiger charge is -2.22. The van der Waals surface area contributed by atoms with Crippen molar-refractivity contribution in [2.24, 2.45) is 0 Å². The summed E-state index contributed by atoms with van der Waals surface area (Å²) in [6.45, 7) is 2.16. The average molecular weight is 256 g/mol. The van der Waals surface area contributed by atoms with Crippen LogP contribution in [0, 0.1) is 0 Å². The predicted molar refractivity (Wildman–Crippen MR) is 65.5 cm³/mol. The summed E-state index contributed by atoms with van der Waals surface area (Å²) in [6, 6.07) is 0. The van der Waals surface area contributed by atoms with Gasteiger partial charge in [-0.05, 0) is 19.8 Å². The summed E-state index contributed by atoms with van der Waals surface area (Å²) in [6.07, 6.45) is 3.45. The minimum atomic E-state index is -0.317. The van der Waals surface area contributed by atoms with Gasteiger partial charge in [0.05, 0.1) is 12.7 Å². The Kier molecular flexibility index (Phi) is 5.80. The van der Waals surface area contributed by atoms with Crippen LogP contribution in [0.2, 0.25) is 0 Å². The van der Waals surface area contributed by atoms with E-state index in [9.17, 15) is 9.59 Å². The number of nitrogens with zero attached hydrogens (tertiary/aromatic N) is 1. The van der Waals surface area contributed by atoms with E-state index in [1.54, 1.807) is 21.1 Å². The van der Waals surface area contributed by atoms with Crippen molar-refractivity contribution >= 4 is 12.3 Å². The van der Waals surface area contributed by atoms with Crippen molar-refractivity contribution < 1.29 is 19.1 Å². The molecular formula is C12H20N2O4. The number of ether oxygens (including phenoxy) is 2. The predicted octanol–water partition coefficient (Wildman–Crippen LogP) is 0.246. The van der Waals surface area contributed by atoms with E-state index in [-0.39, 0.29) is 18.2 Å². The number of carbonyl (C=O) groups excluding carboxylic acids is 2. The van der Waals surface area contributed by atoms with E-state index in [1.807, 2.05) is 0 Å². The minimum absolute atomic E-state index is 0.0103. The molecule has 0 aromatic heterocycles. The maximum absolute atomic E-state index is 11.4. The van der Waals surface area contributed by atoms with Gasteiger partial charge in [-0.3, -0.25) is 14.5 Å². The van der Waals surface area contributed by atoms with Crippen molar-refractivity contribution in [3.8, 4) is 0 Å². The van der Waals surface area contributed by atoms with Crippen molar-refractivity contribution in [3.63, 3.8) is 0 Å². The smallest absolute Gasteiger partial charge is 0.248 e. The van der Waals surface area contributed by atoms with Gasteiger partial charge in [0.15, 0.2) is 0 Å². The summed E-state index contributed by atoms with van der Waals surface area (Å²) in [5, 5.41) is 2.50. The molecule has 102 valence electrons. The highest BCUT2D eigenvalue weighted by molar-refractivity contribution is 5.92. The molecule has 0 aliphatic carbocycles. The fourth-order valence-corrected chi connectivity index (χ4v) is 1.88. The molecule has 1 unspecified atom stereocenters. The number of likely N-dealkylation sites (N-methyl/N-ethyl adjacent to an activating group) is 1. The molecule has 1 fully saturated rings. The number of rotatable bonds is 6. The van der Waals surface area contributed by atoms with E-state index in [2.05, 4.69) is 5.32 Å². The first kappa shape index (κ1) is 14.7. The normalized spacial score (nSPS) is 23.8. The lowest BCUT2D eigenvalue weighted by Crippen LogP contribution is -2.32. The molecular weight excluding hydrogens is 236 g/mol. The van der Waals surface area contributed by atoms with Crippen LogP contribution in [0.3, 0.4) is 0 Å². The van der Waals surface area contributed by atoms with Gasteiger partial charge < -0.3 is 14.8 Å². The van der Waals surface area contributed by atoms with Gasteiger partial charge in [0.2, 0.25) is 12.3 Å². The van der Waals surface area contributed by atoms with Crippen molar-refractivity contribution in [2.45, 2.75) is 32.1 Å². The first-order chi connectivity index (χ1) is 8.62. The number of carbonyl (C=O) groups is 2.